The van der Waals surface area contributed by atoms with Gasteiger partial charge in [0.15, 0.2) is 11.5 Å². The van der Waals surface area contributed by atoms with Crippen LogP contribution in [0, 0.1) is 0 Å². The first-order valence-corrected chi connectivity index (χ1v) is 11.7. The minimum atomic E-state index is -0.0589. The summed E-state index contributed by atoms with van der Waals surface area (Å²) in [6.45, 7) is 1.81. The van der Waals surface area contributed by atoms with Gasteiger partial charge in [-0.1, -0.05) is 19.1 Å². The molecule has 0 aliphatic rings. The third-order valence-electron chi connectivity index (χ3n) is 5.66. The lowest BCUT2D eigenvalue weighted by atomic mass is 10.1. The van der Waals surface area contributed by atoms with Crippen molar-refractivity contribution in [2.45, 2.75) is 13.3 Å². The summed E-state index contributed by atoms with van der Waals surface area (Å²) in [5, 5.41) is 15.4. The van der Waals surface area contributed by atoms with Crippen LogP contribution in [-0.2, 0) is 4.79 Å². The molecule has 166 valence electrons. The lowest BCUT2D eigenvalue weighted by Crippen LogP contribution is -2.09. The van der Waals surface area contributed by atoms with Gasteiger partial charge in [-0.2, -0.15) is 16.4 Å². The second-order valence-corrected chi connectivity index (χ2v) is 8.64. The molecule has 6 rings (SSSR count). The molecule has 8 nitrogen and oxygen atoms in total. The number of imidazole rings is 1. The minimum absolute atomic E-state index is 0.0589. The van der Waals surface area contributed by atoms with Crippen molar-refractivity contribution in [3.8, 4) is 33.8 Å². The summed E-state index contributed by atoms with van der Waals surface area (Å²) < 4.78 is 0. The molecular weight excluding hydrogens is 446 g/mol. The monoisotopic (exact) mass is 465 g/mol. The number of nitrogens with one attached hydrogen (secondary N) is 3. The lowest BCUT2D eigenvalue weighted by Gasteiger charge is -2.06. The zero-order chi connectivity index (χ0) is 23.1. The van der Waals surface area contributed by atoms with Crippen molar-refractivity contribution in [1.29, 1.82) is 0 Å². The maximum Gasteiger partial charge on any atom is 0.224 e. The van der Waals surface area contributed by atoms with E-state index >= 15 is 0 Å². The Morgan fingerprint density at radius 1 is 1.09 bits per heavy atom. The van der Waals surface area contributed by atoms with E-state index < -0.39 is 0 Å². The van der Waals surface area contributed by atoms with E-state index in [-0.39, 0.29) is 5.91 Å². The van der Waals surface area contributed by atoms with E-state index in [9.17, 15) is 4.79 Å². The minimum Gasteiger partial charge on any atom is -0.337 e. The number of aromatic nitrogens is 6. The van der Waals surface area contributed by atoms with Crippen LogP contribution in [0.3, 0.4) is 0 Å². The van der Waals surface area contributed by atoms with Crippen molar-refractivity contribution < 1.29 is 4.79 Å². The Hall–Kier alpha value is -4.37. The van der Waals surface area contributed by atoms with Gasteiger partial charge < -0.3 is 10.3 Å². The Balaban J connectivity index is 1.43. The number of anilines is 1. The van der Waals surface area contributed by atoms with Gasteiger partial charge in [0.1, 0.15) is 5.69 Å². The molecule has 0 saturated carbocycles. The van der Waals surface area contributed by atoms with Gasteiger partial charge in [-0.05, 0) is 40.6 Å². The van der Waals surface area contributed by atoms with Crippen LogP contribution in [0.15, 0.2) is 65.7 Å². The van der Waals surface area contributed by atoms with Crippen LogP contribution >= 0.6 is 11.3 Å². The highest BCUT2D eigenvalue weighted by atomic mass is 32.1. The lowest BCUT2D eigenvalue weighted by molar-refractivity contribution is -0.115. The maximum atomic E-state index is 11.8. The Labute approximate surface area is 198 Å². The Morgan fingerprint density at radius 3 is 2.85 bits per heavy atom. The SMILES string of the molecule is CCC(=O)Nc1cncc(-c2cnc3[nH]nc(-c4nc5c(-c6ccsc6)cccc5[nH]4)c3c2)c1. The van der Waals surface area contributed by atoms with Crippen molar-refractivity contribution in [2.75, 3.05) is 5.32 Å². The Kier molecular flexibility index (Phi) is 4.88. The molecule has 0 atom stereocenters. The van der Waals surface area contributed by atoms with Crippen molar-refractivity contribution in [2.24, 2.45) is 0 Å². The fourth-order valence-electron chi connectivity index (χ4n) is 3.95. The Morgan fingerprint density at radius 2 is 2.00 bits per heavy atom. The van der Waals surface area contributed by atoms with Gasteiger partial charge in [0.25, 0.3) is 0 Å². The van der Waals surface area contributed by atoms with Gasteiger partial charge in [-0.15, -0.1) is 0 Å². The van der Waals surface area contributed by atoms with Crippen LogP contribution in [0.5, 0.6) is 0 Å². The molecule has 6 aromatic rings. The number of aromatic amines is 2. The van der Waals surface area contributed by atoms with Gasteiger partial charge in [0.2, 0.25) is 5.91 Å². The molecule has 9 heteroatoms. The quantitative estimate of drug-likeness (QED) is 0.305. The van der Waals surface area contributed by atoms with Crippen molar-refractivity contribution >= 4 is 45.0 Å². The number of pyridine rings is 2. The first kappa shape index (κ1) is 20.3. The highest BCUT2D eigenvalue weighted by molar-refractivity contribution is 7.08. The molecule has 0 fully saturated rings. The molecular formula is C25H19N7OS. The van der Waals surface area contributed by atoms with Crippen LogP contribution in [0.25, 0.3) is 55.8 Å². The summed E-state index contributed by atoms with van der Waals surface area (Å²) in [4.78, 5) is 28.9. The van der Waals surface area contributed by atoms with Gasteiger partial charge >= 0.3 is 0 Å². The van der Waals surface area contributed by atoms with Crippen LogP contribution in [0.2, 0.25) is 0 Å². The topological polar surface area (TPSA) is 112 Å². The van der Waals surface area contributed by atoms with Crippen molar-refractivity contribution in [1.82, 2.24) is 30.1 Å². The molecule has 0 unspecified atom stereocenters. The number of benzene rings is 1. The summed E-state index contributed by atoms with van der Waals surface area (Å²) >= 11 is 1.66. The number of fused-ring (bicyclic) bond motifs is 2. The van der Waals surface area contributed by atoms with E-state index in [1.165, 1.54) is 0 Å². The number of para-hydroxylation sites is 1. The number of H-pyrrole nitrogens is 2. The second kappa shape index (κ2) is 8.20. The third kappa shape index (κ3) is 3.52. The number of nitrogens with zero attached hydrogens (tertiary/aromatic N) is 4. The van der Waals surface area contributed by atoms with Crippen LogP contribution in [0.4, 0.5) is 5.69 Å². The number of carbonyl (C=O) groups is 1. The predicted octanol–water partition coefficient (Wildman–Crippen LogP) is 5.64. The molecule has 1 aromatic carbocycles. The fourth-order valence-corrected chi connectivity index (χ4v) is 4.61. The van der Waals surface area contributed by atoms with Crippen LogP contribution in [0.1, 0.15) is 13.3 Å². The summed E-state index contributed by atoms with van der Waals surface area (Å²) in [5.41, 5.74) is 7.80. The summed E-state index contributed by atoms with van der Waals surface area (Å²) in [6.07, 6.45) is 5.55. The standard InChI is InChI=1S/C25H19N7OS/c1-2-21(33)28-17-8-15(10-26-12-17)16-9-19-23(31-32-24(19)27-11-16)25-29-20-5-3-4-18(22(20)30-25)14-6-7-34-13-14/h3-13H,2H2,1H3,(H,28,33)(H,29,30)(H,27,31,32). The number of hydrogen-bond donors (Lipinski definition) is 3. The number of carbonyl (C=O) groups excluding carboxylic acids is 1. The number of amides is 1. The number of hydrogen-bond acceptors (Lipinski definition) is 6. The van der Waals surface area contributed by atoms with Crippen LogP contribution < -0.4 is 5.32 Å². The predicted molar refractivity (Wildman–Crippen MR) is 134 cm³/mol. The smallest absolute Gasteiger partial charge is 0.224 e. The van der Waals surface area contributed by atoms with Gasteiger partial charge in [-0.25, -0.2) is 9.97 Å². The van der Waals surface area contributed by atoms with E-state index in [0.717, 1.165) is 38.7 Å². The molecule has 5 heterocycles. The molecule has 0 aliphatic carbocycles. The first-order chi connectivity index (χ1) is 16.7. The Bertz CT molecular complexity index is 1650. The van der Waals surface area contributed by atoms with E-state index in [2.05, 4.69) is 53.4 Å². The van der Waals surface area contributed by atoms with Crippen molar-refractivity contribution in [3.05, 3.63) is 65.7 Å². The number of thiophene rings is 1. The highest BCUT2D eigenvalue weighted by Crippen LogP contribution is 2.33. The molecule has 0 spiro atoms. The second-order valence-electron chi connectivity index (χ2n) is 7.86. The summed E-state index contributed by atoms with van der Waals surface area (Å²) in [6, 6.07) is 12.1. The zero-order valence-corrected chi connectivity index (χ0v) is 19.0. The normalized spacial score (nSPS) is 11.3. The zero-order valence-electron chi connectivity index (χ0n) is 18.2. The highest BCUT2D eigenvalue weighted by Gasteiger charge is 2.16. The first-order valence-electron chi connectivity index (χ1n) is 10.8. The number of rotatable bonds is 5. The van der Waals surface area contributed by atoms with E-state index in [1.54, 1.807) is 29.9 Å². The third-order valence-corrected chi connectivity index (χ3v) is 6.35. The van der Waals surface area contributed by atoms with Gasteiger partial charge in [-0.3, -0.25) is 14.9 Å². The molecule has 0 aliphatic heterocycles. The molecule has 0 bridgehead atoms. The average molecular weight is 466 g/mol. The molecule has 1 amide bonds. The fraction of sp³-hybridized carbons (Fsp3) is 0.0800. The molecule has 0 saturated heterocycles. The van der Waals surface area contributed by atoms with Crippen LogP contribution in [-0.4, -0.2) is 36.0 Å². The molecule has 34 heavy (non-hydrogen) atoms. The molecule has 3 N–H and O–H groups in total. The van der Waals surface area contributed by atoms with Gasteiger partial charge in [0.05, 0.1) is 28.3 Å². The molecule has 0 radical (unpaired) electrons. The largest absolute Gasteiger partial charge is 0.337 e. The molecule has 5 aromatic heterocycles. The average Bonchev–Trinajstić information content (AvgIpc) is 3.62. The van der Waals surface area contributed by atoms with E-state index in [1.807, 2.05) is 31.2 Å². The van der Waals surface area contributed by atoms with Gasteiger partial charge in [0, 0.05) is 35.5 Å². The van der Waals surface area contributed by atoms with Crippen molar-refractivity contribution in [3.63, 3.8) is 0 Å². The van der Waals surface area contributed by atoms with E-state index in [4.69, 9.17) is 4.98 Å². The maximum absolute atomic E-state index is 11.8. The summed E-state index contributed by atoms with van der Waals surface area (Å²) in [5.74, 6) is 0.612. The van der Waals surface area contributed by atoms with E-state index in [0.29, 0.717) is 29.3 Å². The summed E-state index contributed by atoms with van der Waals surface area (Å²) in [7, 11) is 0.